The smallest absolute Gasteiger partial charge is 0.456 e. The maximum atomic E-state index is 6.52. The summed E-state index contributed by atoms with van der Waals surface area (Å²) in [6, 6.07) is 28.4. The molecular formula is C33H31BO3. The molecule has 4 aromatic carbocycles. The molecular weight excluding hydrogens is 455 g/mol. The van der Waals surface area contributed by atoms with Gasteiger partial charge in [0.15, 0.2) is 0 Å². The zero-order valence-electron chi connectivity index (χ0n) is 22.3. The lowest BCUT2D eigenvalue weighted by Crippen LogP contribution is -2.41. The van der Waals surface area contributed by atoms with Gasteiger partial charge in [-0.05, 0) is 79.3 Å². The van der Waals surface area contributed by atoms with E-state index in [2.05, 4.69) is 114 Å². The van der Waals surface area contributed by atoms with Gasteiger partial charge < -0.3 is 13.7 Å². The second-order valence-corrected chi connectivity index (χ2v) is 12.1. The summed E-state index contributed by atoms with van der Waals surface area (Å²) in [7, 11) is -0.464. The molecule has 1 aliphatic carbocycles. The summed E-state index contributed by atoms with van der Waals surface area (Å²) in [5.74, 6) is 0. The van der Waals surface area contributed by atoms with Crippen molar-refractivity contribution in [1.29, 1.82) is 0 Å². The summed E-state index contributed by atoms with van der Waals surface area (Å²) >= 11 is 0. The highest BCUT2D eigenvalue weighted by atomic mass is 16.7. The molecule has 2 aliphatic rings. The molecule has 1 fully saturated rings. The van der Waals surface area contributed by atoms with Gasteiger partial charge in [0.1, 0.15) is 11.2 Å². The Labute approximate surface area is 218 Å². The first-order valence-electron chi connectivity index (χ1n) is 13.1. The Morgan fingerprint density at radius 3 is 2.05 bits per heavy atom. The van der Waals surface area contributed by atoms with Crippen LogP contribution in [0.25, 0.3) is 44.2 Å². The van der Waals surface area contributed by atoms with Gasteiger partial charge in [-0.2, -0.15) is 0 Å². The first-order valence-corrected chi connectivity index (χ1v) is 13.1. The molecule has 0 unspecified atom stereocenters. The van der Waals surface area contributed by atoms with Crippen LogP contribution in [0.3, 0.4) is 0 Å². The molecule has 184 valence electrons. The van der Waals surface area contributed by atoms with Crippen LogP contribution in [0.2, 0.25) is 0 Å². The first kappa shape index (κ1) is 22.8. The highest BCUT2D eigenvalue weighted by molar-refractivity contribution is 6.65. The summed E-state index contributed by atoms with van der Waals surface area (Å²) in [4.78, 5) is 0. The van der Waals surface area contributed by atoms with Crippen molar-refractivity contribution in [3.63, 3.8) is 0 Å². The van der Waals surface area contributed by atoms with Gasteiger partial charge in [0.05, 0.1) is 11.2 Å². The number of fused-ring (bicyclic) bond motifs is 6. The molecule has 2 heterocycles. The second-order valence-electron chi connectivity index (χ2n) is 12.1. The Kier molecular flexibility index (Phi) is 4.55. The maximum Gasteiger partial charge on any atom is 0.498 e. The minimum Gasteiger partial charge on any atom is -0.456 e. The number of para-hydroxylation sites is 1. The molecule has 0 spiro atoms. The lowest BCUT2D eigenvalue weighted by molar-refractivity contribution is 0.00578. The quantitative estimate of drug-likeness (QED) is 0.238. The third kappa shape index (κ3) is 3.16. The third-order valence-corrected chi connectivity index (χ3v) is 8.95. The fraction of sp³-hybridized carbons (Fsp3) is 0.273. The van der Waals surface area contributed by atoms with Crippen LogP contribution in [0, 0.1) is 0 Å². The number of rotatable bonds is 2. The van der Waals surface area contributed by atoms with Gasteiger partial charge in [-0.3, -0.25) is 0 Å². The van der Waals surface area contributed by atoms with E-state index in [-0.39, 0.29) is 5.41 Å². The van der Waals surface area contributed by atoms with Crippen LogP contribution in [0.15, 0.2) is 83.3 Å². The van der Waals surface area contributed by atoms with E-state index in [4.69, 9.17) is 13.7 Å². The van der Waals surface area contributed by atoms with Crippen LogP contribution in [0.4, 0.5) is 0 Å². The molecule has 0 amide bonds. The van der Waals surface area contributed by atoms with E-state index >= 15 is 0 Å². The Bertz CT molecular complexity index is 1710. The second kappa shape index (κ2) is 7.37. The molecule has 0 saturated carbocycles. The number of benzene rings is 4. The number of furan rings is 1. The van der Waals surface area contributed by atoms with Gasteiger partial charge in [0.25, 0.3) is 0 Å². The topological polar surface area (TPSA) is 31.6 Å². The molecule has 0 atom stereocenters. The zero-order valence-corrected chi connectivity index (χ0v) is 22.3. The van der Waals surface area contributed by atoms with E-state index in [1.807, 2.05) is 6.07 Å². The minimum absolute atomic E-state index is 0.0247. The van der Waals surface area contributed by atoms with Gasteiger partial charge in [-0.15, -0.1) is 0 Å². The summed E-state index contributed by atoms with van der Waals surface area (Å²) in [5, 5.41) is 2.19. The van der Waals surface area contributed by atoms with Crippen molar-refractivity contribution in [1.82, 2.24) is 0 Å². The molecule has 4 heteroatoms. The van der Waals surface area contributed by atoms with E-state index in [1.54, 1.807) is 0 Å². The third-order valence-electron chi connectivity index (χ3n) is 8.95. The highest BCUT2D eigenvalue weighted by Crippen LogP contribution is 2.49. The molecule has 1 aliphatic heterocycles. The number of hydrogen-bond acceptors (Lipinski definition) is 3. The Morgan fingerprint density at radius 2 is 1.27 bits per heavy atom. The van der Waals surface area contributed by atoms with Crippen molar-refractivity contribution in [3.8, 4) is 22.3 Å². The molecule has 7 rings (SSSR count). The van der Waals surface area contributed by atoms with Gasteiger partial charge >= 0.3 is 7.12 Å². The van der Waals surface area contributed by atoms with Gasteiger partial charge in [0.2, 0.25) is 0 Å². The molecule has 0 bridgehead atoms. The largest absolute Gasteiger partial charge is 0.498 e. The van der Waals surface area contributed by atoms with Crippen molar-refractivity contribution in [2.75, 3.05) is 0 Å². The molecule has 37 heavy (non-hydrogen) atoms. The lowest BCUT2D eigenvalue weighted by Gasteiger charge is -2.32. The summed E-state index contributed by atoms with van der Waals surface area (Å²) in [5.41, 5.74) is 9.61. The summed E-state index contributed by atoms with van der Waals surface area (Å²) < 4.78 is 19.2. The van der Waals surface area contributed by atoms with Crippen LogP contribution < -0.4 is 5.46 Å². The fourth-order valence-corrected chi connectivity index (χ4v) is 6.04. The zero-order chi connectivity index (χ0) is 25.7. The van der Waals surface area contributed by atoms with E-state index < -0.39 is 18.3 Å². The van der Waals surface area contributed by atoms with Crippen LogP contribution in [0.5, 0.6) is 0 Å². The Balaban J connectivity index is 1.32. The van der Waals surface area contributed by atoms with Crippen LogP contribution in [-0.4, -0.2) is 18.3 Å². The van der Waals surface area contributed by atoms with E-state index in [1.165, 1.54) is 27.8 Å². The molecule has 0 radical (unpaired) electrons. The molecule has 5 aromatic rings. The van der Waals surface area contributed by atoms with Crippen LogP contribution in [0.1, 0.15) is 52.7 Å². The van der Waals surface area contributed by atoms with Crippen molar-refractivity contribution < 1.29 is 13.7 Å². The van der Waals surface area contributed by atoms with E-state index in [0.29, 0.717) is 0 Å². The average Bonchev–Trinajstić information content (AvgIpc) is 3.43. The first-order chi connectivity index (χ1) is 17.6. The monoisotopic (exact) mass is 486 g/mol. The average molecular weight is 486 g/mol. The van der Waals surface area contributed by atoms with Crippen molar-refractivity contribution >= 4 is 34.5 Å². The number of hydrogen-bond donors (Lipinski definition) is 0. The SMILES string of the molecule is CC1(C)c2ccccc2-c2ccc(-c3ccc4c(c3)oc3c(B5OC(C)(C)C(C)(C)O5)cccc34)cc21. The lowest BCUT2D eigenvalue weighted by atomic mass is 9.78. The Hall–Kier alpha value is -3.34. The van der Waals surface area contributed by atoms with Gasteiger partial charge in [0, 0.05) is 21.7 Å². The minimum atomic E-state index is -0.464. The fourth-order valence-electron chi connectivity index (χ4n) is 6.04. The maximum absolute atomic E-state index is 6.52. The van der Waals surface area contributed by atoms with Gasteiger partial charge in [-0.25, -0.2) is 0 Å². The predicted molar refractivity (Wildman–Crippen MR) is 152 cm³/mol. The summed E-state index contributed by atoms with van der Waals surface area (Å²) in [6.07, 6.45) is 0. The highest BCUT2D eigenvalue weighted by Gasteiger charge is 2.52. The standard InChI is InChI=1S/C33H31BO3/c1-31(2)26-12-8-7-10-22(26)23-16-14-20(18-27(23)31)21-15-17-24-25-11-9-13-28(30(25)35-29(24)19-21)34-36-32(3,4)33(5,6)37-34/h7-19H,1-6H3. The van der Waals surface area contributed by atoms with Crippen molar-refractivity contribution in [2.45, 2.75) is 58.2 Å². The van der Waals surface area contributed by atoms with Gasteiger partial charge in [-0.1, -0.05) is 74.5 Å². The molecule has 0 N–H and O–H groups in total. The molecule has 1 saturated heterocycles. The molecule has 3 nitrogen and oxygen atoms in total. The summed E-state index contributed by atoms with van der Waals surface area (Å²) in [6.45, 7) is 13.0. The van der Waals surface area contributed by atoms with Crippen molar-refractivity contribution in [2.24, 2.45) is 0 Å². The Morgan fingerprint density at radius 1 is 0.595 bits per heavy atom. The van der Waals surface area contributed by atoms with E-state index in [0.717, 1.165) is 33.0 Å². The van der Waals surface area contributed by atoms with E-state index in [9.17, 15) is 0 Å². The molecule has 1 aromatic heterocycles. The van der Waals surface area contributed by atoms with Crippen LogP contribution in [-0.2, 0) is 14.7 Å². The van der Waals surface area contributed by atoms with Crippen LogP contribution >= 0.6 is 0 Å². The predicted octanol–water partition coefficient (Wildman–Crippen LogP) is 7.86. The normalized spacial score (nSPS) is 18.9. The van der Waals surface area contributed by atoms with Crippen molar-refractivity contribution in [3.05, 3.63) is 90.0 Å².